The van der Waals surface area contributed by atoms with E-state index in [-0.39, 0.29) is 16.9 Å². The molecule has 1 heterocycles. The number of hydrazone groups is 1. The van der Waals surface area contributed by atoms with Crippen LogP contribution in [-0.4, -0.2) is 28.1 Å². The molecule has 3 rings (SSSR count). The molecule has 0 unspecified atom stereocenters. The van der Waals surface area contributed by atoms with Crippen LogP contribution in [0.3, 0.4) is 0 Å². The quantitative estimate of drug-likeness (QED) is 0.378. The second kappa shape index (κ2) is 8.33. The Hall–Kier alpha value is -3.49. The minimum absolute atomic E-state index is 0.0830. The van der Waals surface area contributed by atoms with Crippen LogP contribution in [0.1, 0.15) is 56.7 Å². The average molecular weight is 425 g/mol. The summed E-state index contributed by atoms with van der Waals surface area (Å²) in [5.74, 6) is 0.393. The smallest absolute Gasteiger partial charge is 0.301 e. The van der Waals surface area contributed by atoms with E-state index in [1.54, 1.807) is 6.21 Å². The highest BCUT2D eigenvalue weighted by molar-refractivity contribution is 5.85. The fourth-order valence-electron chi connectivity index (χ4n) is 4.44. The molecule has 1 atom stereocenters. The van der Waals surface area contributed by atoms with E-state index < -0.39 is 15.5 Å². The molecule has 1 aliphatic rings. The Kier molecular flexibility index (Phi) is 5.97. The summed E-state index contributed by atoms with van der Waals surface area (Å²) in [7, 11) is 0. The van der Waals surface area contributed by atoms with E-state index in [9.17, 15) is 20.2 Å². The van der Waals surface area contributed by atoms with E-state index in [1.807, 2.05) is 6.92 Å². The first kappa shape index (κ1) is 22.2. The van der Waals surface area contributed by atoms with Crippen LogP contribution in [0, 0.1) is 27.2 Å². The summed E-state index contributed by atoms with van der Waals surface area (Å²) < 4.78 is 0. The molecule has 0 fully saturated rings. The molecule has 2 aromatic rings. The van der Waals surface area contributed by atoms with E-state index in [1.165, 1.54) is 23.4 Å². The van der Waals surface area contributed by atoms with Crippen molar-refractivity contribution in [3.63, 3.8) is 0 Å². The Balaban J connectivity index is 1.90. The zero-order valence-electron chi connectivity index (χ0n) is 18.4. The topological polar surface area (TPSA) is 114 Å². The molecule has 0 radical (unpaired) electrons. The summed E-state index contributed by atoms with van der Waals surface area (Å²) >= 11 is 0. The standard InChI is InChI=1S/C22H27N5O4/c1-6-25-20-9-14(2)16(10-18(20)15(3)12-22(25,4)5)13-23-24-19-8-7-17(26(28)29)11-21(19)27(30)31/h7-11,13,15,24H,6,12H2,1-5H3/b23-13-/t15-/m0/s1. The number of hydrogen-bond acceptors (Lipinski definition) is 7. The maximum Gasteiger partial charge on any atom is 0.301 e. The first-order valence-corrected chi connectivity index (χ1v) is 10.2. The van der Waals surface area contributed by atoms with Crippen molar-refractivity contribution < 1.29 is 9.85 Å². The van der Waals surface area contributed by atoms with Gasteiger partial charge in [0.2, 0.25) is 0 Å². The van der Waals surface area contributed by atoms with Crippen LogP contribution in [0.5, 0.6) is 0 Å². The molecule has 2 aromatic carbocycles. The number of non-ortho nitro benzene ring substituents is 1. The number of hydrogen-bond donors (Lipinski definition) is 1. The highest BCUT2D eigenvalue weighted by Crippen LogP contribution is 2.44. The fourth-order valence-corrected chi connectivity index (χ4v) is 4.44. The first-order chi connectivity index (χ1) is 14.5. The van der Waals surface area contributed by atoms with E-state index in [0.29, 0.717) is 5.92 Å². The zero-order valence-corrected chi connectivity index (χ0v) is 18.4. The number of fused-ring (bicyclic) bond motifs is 1. The molecule has 31 heavy (non-hydrogen) atoms. The van der Waals surface area contributed by atoms with E-state index in [2.05, 4.69) is 55.3 Å². The second-order valence-electron chi connectivity index (χ2n) is 8.52. The second-order valence-corrected chi connectivity index (χ2v) is 8.52. The van der Waals surface area contributed by atoms with Crippen molar-refractivity contribution in [3.05, 3.63) is 67.3 Å². The number of anilines is 2. The van der Waals surface area contributed by atoms with Gasteiger partial charge in [-0.25, -0.2) is 0 Å². The van der Waals surface area contributed by atoms with Gasteiger partial charge < -0.3 is 4.90 Å². The average Bonchev–Trinajstić information content (AvgIpc) is 2.68. The predicted molar refractivity (Wildman–Crippen MR) is 122 cm³/mol. The molecule has 0 amide bonds. The van der Waals surface area contributed by atoms with Gasteiger partial charge in [0.15, 0.2) is 0 Å². The molecule has 0 spiro atoms. The van der Waals surface area contributed by atoms with Gasteiger partial charge in [-0.05, 0) is 74.9 Å². The van der Waals surface area contributed by atoms with Crippen molar-refractivity contribution >= 4 is 29.0 Å². The summed E-state index contributed by atoms with van der Waals surface area (Å²) in [5.41, 5.74) is 6.54. The van der Waals surface area contributed by atoms with Gasteiger partial charge in [0, 0.05) is 23.8 Å². The first-order valence-electron chi connectivity index (χ1n) is 10.2. The molecule has 1 N–H and O–H groups in total. The van der Waals surface area contributed by atoms with Crippen LogP contribution in [0.4, 0.5) is 22.7 Å². The predicted octanol–water partition coefficient (Wildman–Crippen LogP) is 5.37. The largest absolute Gasteiger partial charge is 0.366 e. The highest BCUT2D eigenvalue weighted by atomic mass is 16.6. The maximum atomic E-state index is 11.3. The molecule has 1 aliphatic heterocycles. The van der Waals surface area contributed by atoms with Gasteiger partial charge in [0.25, 0.3) is 5.69 Å². The summed E-state index contributed by atoms with van der Waals surface area (Å²) in [6.07, 6.45) is 2.67. The molecular weight excluding hydrogens is 398 g/mol. The number of nitro groups is 2. The number of aryl methyl sites for hydroxylation is 1. The lowest BCUT2D eigenvalue weighted by atomic mass is 9.79. The van der Waals surface area contributed by atoms with Crippen molar-refractivity contribution in [2.24, 2.45) is 5.10 Å². The Morgan fingerprint density at radius 2 is 1.94 bits per heavy atom. The van der Waals surface area contributed by atoms with Crippen molar-refractivity contribution in [3.8, 4) is 0 Å². The van der Waals surface area contributed by atoms with Gasteiger partial charge in [-0.1, -0.05) is 6.92 Å². The lowest BCUT2D eigenvalue weighted by Crippen LogP contribution is -2.48. The number of rotatable bonds is 6. The normalized spacial score (nSPS) is 17.5. The Labute approximate surface area is 181 Å². The zero-order chi connectivity index (χ0) is 22.9. The number of nitrogens with zero attached hydrogens (tertiary/aromatic N) is 4. The van der Waals surface area contributed by atoms with Crippen LogP contribution in [0.15, 0.2) is 35.4 Å². The molecule has 0 aromatic heterocycles. The third kappa shape index (κ3) is 4.35. The SMILES string of the molecule is CCN1c2cc(C)c(/C=N\Nc3ccc([N+](=O)[O-])cc3[N+](=O)[O-])cc2[C@@H](C)CC1(C)C. The third-order valence-electron chi connectivity index (χ3n) is 5.87. The van der Waals surface area contributed by atoms with Gasteiger partial charge in [-0.3, -0.25) is 25.7 Å². The Morgan fingerprint density at radius 3 is 2.55 bits per heavy atom. The lowest BCUT2D eigenvalue weighted by molar-refractivity contribution is -0.393. The highest BCUT2D eigenvalue weighted by Gasteiger charge is 2.35. The molecule has 0 saturated carbocycles. The van der Waals surface area contributed by atoms with Gasteiger partial charge in [-0.2, -0.15) is 5.10 Å². The van der Waals surface area contributed by atoms with Crippen LogP contribution in [0.25, 0.3) is 0 Å². The molecule has 9 heteroatoms. The molecule has 9 nitrogen and oxygen atoms in total. The summed E-state index contributed by atoms with van der Waals surface area (Å²) in [5, 5.41) is 26.3. The maximum absolute atomic E-state index is 11.3. The molecule has 0 bridgehead atoms. The minimum atomic E-state index is -0.669. The van der Waals surface area contributed by atoms with Gasteiger partial charge in [0.05, 0.1) is 22.1 Å². The molecular formula is C22H27N5O4. The Morgan fingerprint density at radius 1 is 1.23 bits per heavy atom. The van der Waals surface area contributed by atoms with Gasteiger partial charge in [0.1, 0.15) is 5.69 Å². The van der Waals surface area contributed by atoms with Crippen molar-refractivity contribution in [1.82, 2.24) is 0 Å². The lowest BCUT2D eigenvalue weighted by Gasteiger charge is -2.47. The monoisotopic (exact) mass is 425 g/mol. The van der Waals surface area contributed by atoms with E-state index in [4.69, 9.17) is 0 Å². The van der Waals surface area contributed by atoms with E-state index in [0.717, 1.165) is 30.2 Å². The minimum Gasteiger partial charge on any atom is -0.366 e. The van der Waals surface area contributed by atoms with Crippen LogP contribution >= 0.6 is 0 Å². The van der Waals surface area contributed by atoms with Crippen LogP contribution < -0.4 is 10.3 Å². The summed E-state index contributed by atoms with van der Waals surface area (Å²) in [6, 6.07) is 7.72. The molecule has 0 saturated heterocycles. The van der Waals surface area contributed by atoms with Crippen molar-refractivity contribution in [2.45, 2.75) is 52.5 Å². The third-order valence-corrected chi connectivity index (χ3v) is 5.87. The summed E-state index contributed by atoms with van der Waals surface area (Å²) in [4.78, 5) is 23.2. The summed E-state index contributed by atoms with van der Waals surface area (Å²) in [6.45, 7) is 11.8. The molecule has 0 aliphatic carbocycles. The number of nitro benzene ring substituents is 2. The van der Waals surface area contributed by atoms with Gasteiger partial charge >= 0.3 is 5.69 Å². The molecule has 164 valence electrons. The van der Waals surface area contributed by atoms with Crippen molar-refractivity contribution in [2.75, 3.05) is 16.9 Å². The van der Waals surface area contributed by atoms with Gasteiger partial charge in [-0.15, -0.1) is 0 Å². The fraction of sp³-hybridized carbons (Fsp3) is 0.409. The van der Waals surface area contributed by atoms with Crippen LogP contribution in [0.2, 0.25) is 0 Å². The Bertz CT molecular complexity index is 1060. The van der Waals surface area contributed by atoms with E-state index >= 15 is 0 Å². The van der Waals surface area contributed by atoms with Crippen molar-refractivity contribution in [1.29, 1.82) is 0 Å². The number of benzene rings is 2. The van der Waals surface area contributed by atoms with Crippen LogP contribution in [-0.2, 0) is 0 Å². The number of nitrogens with one attached hydrogen (secondary N) is 1.